The lowest BCUT2D eigenvalue weighted by Crippen LogP contribution is -2.06. The van der Waals surface area contributed by atoms with Crippen molar-refractivity contribution in [1.82, 2.24) is 19.7 Å². The minimum Gasteiger partial charge on any atom is -0.478 e. The van der Waals surface area contributed by atoms with E-state index < -0.39 is 5.97 Å². The fourth-order valence-electron chi connectivity index (χ4n) is 3.32. The highest BCUT2D eigenvalue weighted by atomic mass is 16.4. The zero-order chi connectivity index (χ0) is 21.2. The van der Waals surface area contributed by atoms with Crippen molar-refractivity contribution in [3.05, 3.63) is 96.8 Å². The van der Waals surface area contributed by atoms with Crippen molar-refractivity contribution < 1.29 is 9.90 Å². The van der Waals surface area contributed by atoms with Gasteiger partial charge in [0.25, 0.3) is 5.95 Å². The zero-order valence-electron chi connectivity index (χ0n) is 16.3. The molecule has 2 heterocycles. The topological polar surface area (TPSA) is 92.9 Å². The van der Waals surface area contributed by atoms with Crippen LogP contribution in [0.5, 0.6) is 0 Å². The average molecular weight is 407 g/mol. The van der Waals surface area contributed by atoms with Crippen LogP contribution in [0, 0.1) is 0 Å². The van der Waals surface area contributed by atoms with Crippen LogP contribution in [0.4, 0.5) is 11.5 Å². The van der Waals surface area contributed by atoms with Crippen molar-refractivity contribution >= 4 is 28.4 Å². The highest BCUT2D eigenvalue weighted by Gasteiger charge is 2.14. The Kier molecular flexibility index (Phi) is 4.61. The lowest BCUT2D eigenvalue weighted by atomic mass is 10.0. The first kappa shape index (κ1) is 18.5. The van der Waals surface area contributed by atoms with Gasteiger partial charge in [-0.15, -0.1) is 0 Å². The molecule has 0 aliphatic carbocycles. The second-order valence-corrected chi connectivity index (χ2v) is 6.94. The minimum atomic E-state index is -1.05. The van der Waals surface area contributed by atoms with E-state index in [1.807, 2.05) is 66.7 Å². The van der Waals surface area contributed by atoms with Gasteiger partial charge < -0.3 is 10.4 Å². The number of nitrogens with zero attached hydrogens (tertiary/aromatic N) is 4. The number of aromatic carboxylic acids is 1. The van der Waals surface area contributed by atoms with E-state index in [4.69, 9.17) is 0 Å². The number of hydrogen-bond acceptors (Lipinski definition) is 5. The fourth-order valence-corrected chi connectivity index (χ4v) is 3.32. The van der Waals surface area contributed by atoms with Crippen molar-refractivity contribution in [2.45, 2.75) is 0 Å². The second-order valence-electron chi connectivity index (χ2n) is 6.94. The van der Waals surface area contributed by atoms with Gasteiger partial charge in [-0.3, -0.25) is 0 Å². The molecule has 0 fully saturated rings. The van der Waals surface area contributed by atoms with Gasteiger partial charge in [-0.1, -0.05) is 54.6 Å². The predicted octanol–water partition coefficient (Wildman–Crippen LogP) is 4.92. The van der Waals surface area contributed by atoms with E-state index in [1.165, 1.54) is 17.1 Å². The number of rotatable bonds is 5. The molecule has 0 atom stereocenters. The average Bonchev–Trinajstić information content (AvgIpc) is 3.31. The van der Waals surface area contributed by atoms with Crippen LogP contribution in [0.2, 0.25) is 0 Å². The number of aromatic nitrogens is 4. The van der Waals surface area contributed by atoms with Crippen LogP contribution < -0.4 is 5.32 Å². The molecule has 2 N–H and O–H groups in total. The summed E-state index contributed by atoms with van der Waals surface area (Å²) in [6, 6.07) is 25.8. The molecule has 0 radical (unpaired) electrons. The van der Waals surface area contributed by atoms with E-state index in [-0.39, 0.29) is 11.5 Å². The summed E-state index contributed by atoms with van der Waals surface area (Å²) in [5, 5.41) is 17.5. The molecule has 5 aromatic rings. The lowest BCUT2D eigenvalue weighted by molar-refractivity contribution is 0.0697. The monoisotopic (exact) mass is 407 g/mol. The first-order chi connectivity index (χ1) is 15.2. The molecule has 7 nitrogen and oxygen atoms in total. The number of fused-ring (bicyclic) bond motifs is 1. The molecule has 0 bridgehead atoms. The first-order valence-corrected chi connectivity index (χ1v) is 9.65. The van der Waals surface area contributed by atoms with E-state index in [9.17, 15) is 9.90 Å². The standard InChI is InChI=1S/C24H17N5O2/c30-23(31)18-14-25-29(15-18)24-27-21-12-11-17(16-7-3-1-4-8-16)13-20(21)22(28-24)26-19-9-5-2-6-10-19/h1-15H,(H,30,31)(H,26,27,28). The van der Waals surface area contributed by atoms with Crippen LogP contribution in [-0.4, -0.2) is 30.8 Å². The maximum absolute atomic E-state index is 11.2. The molecule has 0 aliphatic rings. The largest absolute Gasteiger partial charge is 0.478 e. The zero-order valence-corrected chi connectivity index (χ0v) is 16.3. The molecular formula is C24H17N5O2. The smallest absolute Gasteiger partial charge is 0.338 e. The van der Waals surface area contributed by atoms with E-state index in [2.05, 4.69) is 32.5 Å². The molecule has 0 spiro atoms. The summed E-state index contributed by atoms with van der Waals surface area (Å²) in [5.74, 6) is -0.163. The lowest BCUT2D eigenvalue weighted by Gasteiger charge is -2.12. The summed E-state index contributed by atoms with van der Waals surface area (Å²) in [6.45, 7) is 0. The molecule has 3 aromatic carbocycles. The highest BCUT2D eigenvalue weighted by molar-refractivity contribution is 5.94. The molecule has 0 saturated heterocycles. The molecule has 0 amide bonds. The Morgan fingerprint density at radius 3 is 2.32 bits per heavy atom. The Hall–Kier alpha value is -4.52. The SMILES string of the molecule is O=C(O)c1cnn(-c2nc(Nc3ccccc3)c3cc(-c4ccccc4)ccc3n2)c1. The van der Waals surface area contributed by atoms with Crippen molar-refractivity contribution in [3.8, 4) is 17.1 Å². The molecular weight excluding hydrogens is 390 g/mol. The minimum absolute atomic E-state index is 0.0701. The van der Waals surface area contributed by atoms with Crippen molar-refractivity contribution in [2.75, 3.05) is 5.32 Å². The maximum Gasteiger partial charge on any atom is 0.338 e. The third kappa shape index (κ3) is 3.72. The van der Waals surface area contributed by atoms with E-state index in [0.29, 0.717) is 5.82 Å². The Morgan fingerprint density at radius 1 is 0.871 bits per heavy atom. The van der Waals surface area contributed by atoms with Gasteiger partial charge in [-0.05, 0) is 35.4 Å². The van der Waals surface area contributed by atoms with Crippen molar-refractivity contribution in [2.24, 2.45) is 0 Å². The third-order valence-electron chi connectivity index (χ3n) is 4.86. The van der Waals surface area contributed by atoms with Gasteiger partial charge in [0.05, 0.1) is 17.3 Å². The Labute approximate surface area is 177 Å². The molecule has 2 aromatic heterocycles. The van der Waals surface area contributed by atoms with Crippen LogP contribution in [0.3, 0.4) is 0 Å². The molecule has 0 unspecified atom stereocenters. The molecule has 150 valence electrons. The number of anilines is 2. The number of carboxylic acids is 1. The third-order valence-corrected chi connectivity index (χ3v) is 4.86. The molecule has 0 saturated carbocycles. The van der Waals surface area contributed by atoms with Crippen LogP contribution in [0.25, 0.3) is 28.0 Å². The van der Waals surface area contributed by atoms with Crippen LogP contribution in [0.1, 0.15) is 10.4 Å². The summed E-state index contributed by atoms with van der Waals surface area (Å²) < 4.78 is 1.37. The molecule has 5 rings (SSSR count). The number of nitrogens with one attached hydrogen (secondary N) is 1. The summed E-state index contributed by atoms with van der Waals surface area (Å²) in [4.78, 5) is 20.5. The van der Waals surface area contributed by atoms with E-state index in [0.717, 1.165) is 27.7 Å². The van der Waals surface area contributed by atoms with Gasteiger partial charge in [0.15, 0.2) is 0 Å². The summed E-state index contributed by atoms with van der Waals surface area (Å²) in [7, 11) is 0. The highest BCUT2D eigenvalue weighted by Crippen LogP contribution is 2.29. The van der Waals surface area contributed by atoms with Crippen molar-refractivity contribution in [1.29, 1.82) is 0 Å². The number of hydrogen-bond donors (Lipinski definition) is 2. The Balaban J connectivity index is 1.67. The van der Waals surface area contributed by atoms with Gasteiger partial charge in [0.1, 0.15) is 5.82 Å². The van der Waals surface area contributed by atoms with E-state index >= 15 is 0 Å². The number of para-hydroxylation sites is 1. The van der Waals surface area contributed by atoms with Gasteiger partial charge in [-0.2, -0.15) is 10.1 Å². The quantitative estimate of drug-likeness (QED) is 0.429. The molecule has 31 heavy (non-hydrogen) atoms. The normalized spacial score (nSPS) is 10.8. The first-order valence-electron chi connectivity index (χ1n) is 9.65. The van der Waals surface area contributed by atoms with Crippen molar-refractivity contribution in [3.63, 3.8) is 0 Å². The van der Waals surface area contributed by atoms with Crippen LogP contribution in [-0.2, 0) is 0 Å². The summed E-state index contributed by atoms with van der Waals surface area (Å²) in [5.41, 5.74) is 3.81. The van der Waals surface area contributed by atoms with E-state index in [1.54, 1.807) is 0 Å². The Bertz CT molecular complexity index is 1380. The van der Waals surface area contributed by atoms with Gasteiger partial charge >= 0.3 is 5.97 Å². The second kappa shape index (κ2) is 7.72. The number of benzene rings is 3. The predicted molar refractivity (Wildman–Crippen MR) is 119 cm³/mol. The number of carboxylic acid groups (broad SMARTS) is 1. The fraction of sp³-hybridized carbons (Fsp3) is 0. The summed E-state index contributed by atoms with van der Waals surface area (Å²) in [6.07, 6.45) is 2.67. The number of carbonyl (C=O) groups is 1. The van der Waals surface area contributed by atoms with Gasteiger partial charge in [0, 0.05) is 17.3 Å². The summed E-state index contributed by atoms with van der Waals surface area (Å²) >= 11 is 0. The Morgan fingerprint density at radius 2 is 1.61 bits per heavy atom. The molecule has 7 heteroatoms. The van der Waals surface area contributed by atoms with Crippen LogP contribution in [0.15, 0.2) is 91.3 Å². The molecule has 0 aliphatic heterocycles. The van der Waals surface area contributed by atoms with Gasteiger partial charge in [0.2, 0.25) is 0 Å². The van der Waals surface area contributed by atoms with Gasteiger partial charge in [-0.25, -0.2) is 14.5 Å². The van der Waals surface area contributed by atoms with Crippen LogP contribution >= 0.6 is 0 Å². The maximum atomic E-state index is 11.2.